The van der Waals surface area contributed by atoms with E-state index in [9.17, 15) is 19.2 Å². The molecule has 0 atom stereocenters. The number of hydrogen-bond acceptors (Lipinski definition) is 7. The van der Waals surface area contributed by atoms with Crippen LogP contribution in [-0.2, 0) is 23.8 Å². The SMILES string of the molecule is C=C(C)C(=O)O.C=CC(=O)OCC.C=CCOC(=O)c1ccccc1C(=O)OCC=C. The van der Waals surface area contributed by atoms with Gasteiger partial charge in [0, 0.05) is 11.6 Å². The van der Waals surface area contributed by atoms with Crippen molar-refractivity contribution in [1.82, 2.24) is 0 Å². The summed E-state index contributed by atoms with van der Waals surface area (Å²) in [4.78, 5) is 43.1. The first kappa shape index (κ1) is 29.3. The second-order valence-corrected chi connectivity index (χ2v) is 5.36. The van der Waals surface area contributed by atoms with Gasteiger partial charge in [-0.2, -0.15) is 0 Å². The number of benzene rings is 1. The molecule has 8 heteroatoms. The largest absolute Gasteiger partial charge is 0.478 e. The molecule has 0 heterocycles. The maximum Gasteiger partial charge on any atom is 0.339 e. The first-order valence-corrected chi connectivity index (χ1v) is 8.99. The zero-order valence-corrected chi connectivity index (χ0v) is 17.8. The molecule has 0 aliphatic heterocycles. The second kappa shape index (κ2) is 18.1. The molecule has 0 spiro atoms. The predicted octanol–water partition coefficient (Wildman–Crippen LogP) is 3.75. The fraction of sp³-hybridized carbons (Fsp3) is 0.217. The van der Waals surface area contributed by atoms with Crippen LogP contribution in [0.25, 0.3) is 0 Å². The van der Waals surface area contributed by atoms with Gasteiger partial charge in [0.2, 0.25) is 0 Å². The van der Waals surface area contributed by atoms with Gasteiger partial charge in [0.15, 0.2) is 0 Å². The summed E-state index contributed by atoms with van der Waals surface area (Å²) in [6.45, 7) is 17.1. The number of carboxylic acid groups (broad SMARTS) is 1. The Bertz CT molecular complexity index is 738. The van der Waals surface area contributed by atoms with Gasteiger partial charge in [0.1, 0.15) is 13.2 Å². The van der Waals surface area contributed by atoms with Gasteiger partial charge in [-0.05, 0) is 26.0 Å². The topological polar surface area (TPSA) is 116 Å². The number of ether oxygens (including phenoxy) is 3. The maximum absolute atomic E-state index is 11.7. The second-order valence-electron chi connectivity index (χ2n) is 5.36. The van der Waals surface area contributed by atoms with Crippen LogP contribution in [0.15, 0.2) is 74.4 Å². The average Bonchev–Trinajstić information content (AvgIpc) is 2.76. The van der Waals surface area contributed by atoms with Crippen molar-refractivity contribution in [1.29, 1.82) is 0 Å². The molecule has 31 heavy (non-hydrogen) atoms. The number of carbonyl (C=O) groups is 4. The van der Waals surface area contributed by atoms with Crippen molar-refractivity contribution in [2.75, 3.05) is 19.8 Å². The molecule has 0 amide bonds. The Kier molecular flexibility index (Phi) is 17.1. The lowest BCUT2D eigenvalue weighted by Gasteiger charge is -2.07. The summed E-state index contributed by atoms with van der Waals surface area (Å²) in [5.41, 5.74) is 0.525. The number of hydrogen-bond donors (Lipinski definition) is 1. The minimum absolute atomic E-state index is 0.0921. The molecule has 0 aliphatic carbocycles. The zero-order chi connectivity index (χ0) is 24.2. The summed E-state index contributed by atoms with van der Waals surface area (Å²) < 4.78 is 14.2. The molecule has 0 saturated heterocycles. The van der Waals surface area contributed by atoms with Gasteiger partial charge in [-0.15, -0.1) is 0 Å². The Morgan fingerprint density at radius 1 is 0.903 bits per heavy atom. The number of aliphatic carboxylic acids is 1. The van der Waals surface area contributed by atoms with Crippen LogP contribution >= 0.6 is 0 Å². The molecule has 0 bridgehead atoms. The third-order valence-corrected chi connectivity index (χ3v) is 2.85. The number of carbonyl (C=O) groups excluding carboxylic acids is 3. The van der Waals surface area contributed by atoms with Gasteiger partial charge in [-0.25, -0.2) is 19.2 Å². The normalized spacial score (nSPS) is 8.58. The lowest BCUT2D eigenvalue weighted by atomic mass is 10.1. The van der Waals surface area contributed by atoms with E-state index in [0.717, 1.165) is 6.08 Å². The molecule has 1 aromatic carbocycles. The minimum Gasteiger partial charge on any atom is -0.478 e. The standard InChI is InChI=1S/C14H14O4.C5H8O2.C4H6O2/c1-3-9-17-13(15)11-7-5-6-8-12(11)14(16)18-10-4-2;1-3-5(6)7-4-2;1-3(2)4(5)6/h3-8H,1-2,9-10H2;3H,1,4H2,2H3;1H2,2H3,(H,5,6). The molecule has 0 radical (unpaired) electrons. The molecular weight excluding hydrogens is 404 g/mol. The van der Waals surface area contributed by atoms with Crippen LogP contribution in [0.4, 0.5) is 0 Å². The van der Waals surface area contributed by atoms with Crippen LogP contribution in [0.5, 0.6) is 0 Å². The van der Waals surface area contributed by atoms with E-state index in [2.05, 4.69) is 31.1 Å². The van der Waals surface area contributed by atoms with E-state index in [1.165, 1.54) is 31.2 Å². The van der Waals surface area contributed by atoms with Gasteiger partial charge in [-0.1, -0.05) is 50.6 Å². The molecule has 0 unspecified atom stereocenters. The number of esters is 3. The molecular formula is C23H28O8. The third-order valence-electron chi connectivity index (χ3n) is 2.85. The highest BCUT2D eigenvalue weighted by Crippen LogP contribution is 2.12. The Hall–Kier alpha value is -3.94. The van der Waals surface area contributed by atoms with Crippen molar-refractivity contribution in [3.05, 3.63) is 85.5 Å². The van der Waals surface area contributed by atoms with Gasteiger partial charge >= 0.3 is 23.9 Å². The fourth-order valence-corrected chi connectivity index (χ4v) is 1.47. The van der Waals surface area contributed by atoms with E-state index in [0.29, 0.717) is 6.61 Å². The van der Waals surface area contributed by atoms with Gasteiger partial charge < -0.3 is 19.3 Å². The smallest absolute Gasteiger partial charge is 0.339 e. The van der Waals surface area contributed by atoms with Crippen LogP contribution < -0.4 is 0 Å². The molecule has 0 aliphatic rings. The van der Waals surface area contributed by atoms with Crippen LogP contribution in [0.3, 0.4) is 0 Å². The lowest BCUT2D eigenvalue weighted by Crippen LogP contribution is -2.14. The fourth-order valence-electron chi connectivity index (χ4n) is 1.47. The van der Waals surface area contributed by atoms with Crippen LogP contribution in [0.2, 0.25) is 0 Å². The molecule has 1 rings (SSSR count). The summed E-state index contributed by atoms with van der Waals surface area (Å²) in [5, 5.41) is 7.89. The Labute approximate surface area is 182 Å². The van der Waals surface area contributed by atoms with E-state index in [4.69, 9.17) is 14.6 Å². The summed E-state index contributed by atoms with van der Waals surface area (Å²) in [5.74, 6) is -2.46. The Balaban J connectivity index is 0. The van der Waals surface area contributed by atoms with E-state index in [-0.39, 0.29) is 35.9 Å². The highest BCUT2D eigenvalue weighted by atomic mass is 16.5. The Morgan fingerprint density at radius 3 is 1.52 bits per heavy atom. The molecule has 1 N–H and O–H groups in total. The first-order chi connectivity index (χ1) is 14.7. The molecule has 0 saturated carbocycles. The molecule has 168 valence electrons. The summed E-state index contributed by atoms with van der Waals surface area (Å²) >= 11 is 0. The minimum atomic E-state index is -0.935. The van der Waals surface area contributed by atoms with Crippen LogP contribution in [0.1, 0.15) is 34.6 Å². The summed E-state index contributed by atoms with van der Waals surface area (Å²) in [6.07, 6.45) is 4.05. The van der Waals surface area contributed by atoms with Crippen molar-refractivity contribution >= 4 is 23.9 Å². The molecule has 0 fully saturated rings. The van der Waals surface area contributed by atoms with Crippen molar-refractivity contribution in [3.8, 4) is 0 Å². The van der Waals surface area contributed by atoms with Crippen LogP contribution in [0, 0.1) is 0 Å². The third kappa shape index (κ3) is 14.7. The number of carboxylic acids is 1. The lowest BCUT2D eigenvalue weighted by molar-refractivity contribution is -0.137. The highest BCUT2D eigenvalue weighted by Gasteiger charge is 2.18. The van der Waals surface area contributed by atoms with E-state index < -0.39 is 17.9 Å². The first-order valence-electron chi connectivity index (χ1n) is 8.99. The van der Waals surface area contributed by atoms with E-state index in [1.807, 2.05) is 0 Å². The van der Waals surface area contributed by atoms with E-state index in [1.54, 1.807) is 19.1 Å². The quantitative estimate of drug-likeness (QED) is 0.271. The van der Waals surface area contributed by atoms with Gasteiger partial charge in [0.05, 0.1) is 17.7 Å². The molecule has 1 aromatic rings. The van der Waals surface area contributed by atoms with Gasteiger partial charge in [-0.3, -0.25) is 0 Å². The Morgan fingerprint density at radius 2 is 1.29 bits per heavy atom. The van der Waals surface area contributed by atoms with Crippen molar-refractivity contribution < 1.29 is 38.5 Å². The average molecular weight is 432 g/mol. The van der Waals surface area contributed by atoms with E-state index >= 15 is 0 Å². The molecule has 0 aromatic heterocycles. The molecule has 8 nitrogen and oxygen atoms in total. The summed E-state index contributed by atoms with van der Waals surface area (Å²) in [7, 11) is 0. The van der Waals surface area contributed by atoms with Crippen molar-refractivity contribution in [3.63, 3.8) is 0 Å². The van der Waals surface area contributed by atoms with Crippen molar-refractivity contribution in [2.24, 2.45) is 0 Å². The maximum atomic E-state index is 11.7. The number of rotatable bonds is 9. The van der Waals surface area contributed by atoms with Crippen molar-refractivity contribution in [2.45, 2.75) is 13.8 Å². The summed E-state index contributed by atoms with van der Waals surface area (Å²) in [6, 6.07) is 6.31. The zero-order valence-electron chi connectivity index (χ0n) is 17.8. The predicted molar refractivity (Wildman–Crippen MR) is 117 cm³/mol. The van der Waals surface area contributed by atoms with Crippen LogP contribution in [-0.4, -0.2) is 48.8 Å². The van der Waals surface area contributed by atoms with Gasteiger partial charge in [0.25, 0.3) is 0 Å². The highest BCUT2D eigenvalue weighted by molar-refractivity contribution is 6.03. The monoisotopic (exact) mass is 432 g/mol.